The van der Waals surface area contributed by atoms with Crippen molar-refractivity contribution in [2.24, 2.45) is 0 Å². The largest absolute Gasteiger partial charge is 0.439 e. The van der Waals surface area contributed by atoms with Crippen LogP contribution in [-0.4, -0.2) is 18.6 Å². The molecule has 0 spiro atoms. The number of benzene rings is 1. The summed E-state index contributed by atoms with van der Waals surface area (Å²) in [5.41, 5.74) is 0.252. The molecule has 0 unspecified atom stereocenters. The van der Waals surface area contributed by atoms with Crippen LogP contribution in [0.3, 0.4) is 0 Å². The summed E-state index contributed by atoms with van der Waals surface area (Å²) in [7, 11) is -4.01. The third-order valence-corrected chi connectivity index (χ3v) is 4.60. The smallest absolute Gasteiger partial charge is 0.344 e. The van der Waals surface area contributed by atoms with E-state index in [0.717, 1.165) is 0 Å². The molecule has 24 heavy (non-hydrogen) atoms. The van der Waals surface area contributed by atoms with Gasteiger partial charge in [-0.25, -0.2) is 4.98 Å². The van der Waals surface area contributed by atoms with Crippen molar-refractivity contribution in [1.82, 2.24) is 10.1 Å². The lowest BCUT2D eigenvalue weighted by atomic mass is 10.3. The molecular weight excluding hydrogens is 332 g/mol. The quantitative estimate of drug-likeness (QED) is 0.655. The van der Waals surface area contributed by atoms with Crippen molar-refractivity contribution < 1.29 is 21.9 Å². The molecule has 0 aliphatic carbocycles. The molecule has 0 aliphatic heterocycles. The van der Waals surface area contributed by atoms with Crippen LogP contribution in [0, 0.1) is 13.8 Å². The topological polar surface area (TPSA) is 91.5 Å². The standard InChI is InChI=1S/C16H14N2O5S/c1-11-16(12(2)22-18-11)24(19,20)23-14-8-6-13(7-9-14)21-15-5-3-4-10-17-15/h3-10H,1-2H3. The van der Waals surface area contributed by atoms with Crippen molar-refractivity contribution in [3.63, 3.8) is 0 Å². The molecule has 2 aromatic heterocycles. The van der Waals surface area contributed by atoms with Gasteiger partial charge in [0.1, 0.15) is 17.2 Å². The Morgan fingerprint density at radius 1 is 1.00 bits per heavy atom. The van der Waals surface area contributed by atoms with Crippen LogP contribution in [0.25, 0.3) is 0 Å². The van der Waals surface area contributed by atoms with E-state index in [1.54, 1.807) is 36.5 Å². The summed E-state index contributed by atoms with van der Waals surface area (Å²) in [6.45, 7) is 3.05. The van der Waals surface area contributed by atoms with Gasteiger partial charge in [0, 0.05) is 12.3 Å². The fourth-order valence-electron chi connectivity index (χ4n) is 2.09. The SMILES string of the molecule is Cc1noc(C)c1S(=O)(=O)Oc1ccc(Oc2ccccn2)cc1. The summed E-state index contributed by atoms with van der Waals surface area (Å²) in [6.07, 6.45) is 1.61. The number of ether oxygens (including phenoxy) is 1. The molecule has 1 aromatic carbocycles. The van der Waals surface area contributed by atoms with Gasteiger partial charge in [-0.3, -0.25) is 0 Å². The molecule has 0 bridgehead atoms. The average molecular weight is 346 g/mol. The molecule has 0 saturated heterocycles. The predicted molar refractivity (Wildman–Crippen MR) is 84.5 cm³/mol. The molecule has 0 fully saturated rings. The second-order valence-electron chi connectivity index (χ2n) is 4.93. The molecular formula is C16H14N2O5S. The van der Waals surface area contributed by atoms with Crippen LogP contribution in [-0.2, 0) is 10.1 Å². The van der Waals surface area contributed by atoms with E-state index in [1.807, 2.05) is 0 Å². The highest BCUT2D eigenvalue weighted by atomic mass is 32.2. The minimum absolute atomic E-state index is 0.0590. The third-order valence-electron chi connectivity index (χ3n) is 3.11. The van der Waals surface area contributed by atoms with Crippen molar-refractivity contribution in [3.05, 3.63) is 60.1 Å². The van der Waals surface area contributed by atoms with Crippen LogP contribution in [0.15, 0.2) is 58.1 Å². The number of nitrogens with zero attached hydrogens (tertiary/aromatic N) is 2. The van der Waals surface area contributed by atoms with Crippen molar-refractivity contribution in [3.8, 4) is 17.4 Å². The third kappa shape index (κ3) is 3.38. The lowest BCUT2D eigenvalue weighted by Crippen LogP contribution is -2.11. The zero-order chi connectivity index (χ0) is 17.2. The lowest BCUT2D eigenvalue weighted by molar-refractivity contribution is 0.389. The molecule has 0 saturated carbocycles. The van der Waals surface area contributed by atoms with Crippen molar-refractivity contribution in [2.75, 3.05) is 0 Å². The van der Waals surface area contributed by atoms with Gasteiger partial charge in [-0.05, 0) is 44.2 Å². The van der Waals surface area contributed by atoms with E-state index in [0.29, 0.717) is 11.6 Å². The minimum atomic E-state index is -4.01. The number of hydrogen-bond acceptors (Lipinski definition) is 7. The van der Waals surface area contributed by atoms with Crippen molar-refractivity contribution in [2.45, 2.75) is 18.7 Å². The van der Waals surface area contributed by atoms with Gasteiger partial charge in [0.2, 0.25) is 5.88 Å². The van der Waals surface area contributed by atoms with E-state index >= 15 is 0 Å². The van der Waals surface area contributed by atoms with Crippen molar-refractivity contribution in [1.29, 1.82) is 0 Å². The first-order valence-electron chi connectivity index (χ1n) is 7.02. The first-order chi connectivity index (χ1) is 11.5. The van der Waals surface area contributed by atoms with Crippen LogP contribution in [0.2, 0.25) is 0 Å². The van der Waals surface area contributed by atoms with E-state index < -0.39 is 10.1 Å². The normalized spacial score (nSPS) is 11.2. The molecule has 2 heterocycles. The summed E-state index contributed by atoms with van der Waals surface area (Å²) in [6, 6.07) is 11.5. The van der Waals surface area contributed by atoms with E-state index in [9.17, 15) is 8.42 Å². The molecule has 8 heteroatoms. The van der Waals surface area contributed by atoms with Crippen LogP contribution < -0.4 is 8.92 Å². The Bertz CT molecular complexity index is 915. The van der Waals surface area contributed by atoms with Crippen molar-refractivity contribution >= 4 is 10.1 Å². The number of pyridine rings is 1. The number of rotatable bonds is 5. The maximum absolute atomic E-state index is 12.3. The second kappa shape index (κ2) is 6.32. The van der Waals surface area contributed by atoms with Crippen LogP contribution in [0.4, 0.5) is 0 Å². The zero-order valence-electron chi connectivity index (χ0n) is 13.0. The maximum Gasteiger partial charge on any atom is 0.344 e. The summed E-state index contributed by atoms with van der Waals surface area (Å²) in [5.74, 6) is 1.29. The first kappa shape index (κ1) is 16.0. The highest BCUT2D eigenvalue weighted by Crippen LogP contribution is 2.26. The lowest BCUT2D eigenvalue weighted by Gasteiger charge is -2.08. The van der Waals surface area contributed by atoms with E-state index in [-0.39, 0.29) is 22.1 Å². The van der Waals surface area contributed by atoms with Gasteiger partial charge >= 0.3 is 10.1 Å². The molecule has 3 aromatic rings. The summed E-state index contributed by atoms with van der Waals surface area (Å²) in [5, 5.41) is 3.62. The van der Waals surface area contributed by atoms with Gasteiger partial charge in [0.25, 0.3) is 0 Å². The molecule has 0 aliphatic rings. The Morgan fingerprint density at radius 2 is 1.71 bits per heavy atom. The second-order valence-corrected chi connectivity index (χ2v) is 6.42. The van der Waals surface area contributed by atoms with Crippen LogP contribution in [0.5, 0.6) is 17.4 Å². The van der Waals surface area contributed by atoms with E-state index in [2.05, 4.69) is 10.1 Å². The van der Waals surface area contributed by atoms with Gasteiger partial charge < -0.3 is 13.4 Å². The molecule has 7 nitrogen and oxygen atoms in total. The van der Waals surface area contributed by atoms with Crippen LogP contribution >= 0.6 is 0 Å². The highest BCUT2D eigenvalue weighted by molar-refractivity contribution is 7.87. The highest BCUT2D eigenvalue weighted by Gasteiger charge is 2.26. The molecule has 0 atom stereocenters. The first-order valence-corrected chi connectivity index (χ1v) is 8.43. The number of aryl methyl sites for hydroxylation is 2. The van der Waals surface area contributed by atoms with Gasteiger partial charge in [0.15, 0.2) is 10.7 Å². The molecule has 0 N–H and O–H groups in total. The van der Waals surface area contributed by atoms with Gasteiger partial charge in [-0.2, -0.15) is 8.42 Å². The average Bonchev–Trinajstić information content (AvgIpc) is 2.90. The molecule has 0 amide bonds. The monoisotopic (exact) mass is 346 g/mol. The minimum Gasteiger partial charge on any atom is -0.439 e. The number of hydrogen-bond donors (Lipinski definition) is 0. The fourth-order valence-corrected chi connectivity index (χ4v) is 3.33. The Kier molecular flexibility index (Phi) is 4.22. The molecule has 124 valence electrons. The Labute approximate surface area is 139 Å². The maximum atomic E-state index is 12.3. The molecule has 3 rings (SSSR count). The molecule has 0 radical (unpaired) electrons. The van der Waals surface area contributed by atoms with Gasteiger partial charge in [-0.1, -0.05) is 11.2 Å². The van der Waals surface area contributed by atoms with E-state index in [4.69, 9.17) is 13.4 Å². The van der Waals surface area contributed by atoms with Gasteiger partial charge in [-0.15, -0.1) is 0 Å². The van der Waals surface area contributed by atoms with Gasteiger partial charge in [0.05, 0.1) is 0 Å². The summed E-state index contributed by atoms with van der Waals surface area (Å²) < 4.78 is 40.1. The zero-order valence-corrected chi connectivity index (χ0v) is 13.8. The summed E-state index contributed by atoms with van der Waals surface area (Å²) >= 11 is 0. The summed E-state index contributed by atoms with van der Waals surface area (Å²) in [4.78, 5) is 3.98. The Morgan fingerprint density at radius 3 is 2.29 bits per heavy atom. The Balaban J connectivity index is 1.77. The number of aromatic nitrogens is 2. The van der Waals surface area contributed by atoms with E-state index in [1.165, 1.54) is 26.0 Å². The van der Waals surface area contributed by atoms with Crippen LogP contribution in [0.1, 0.15) is 11.5 Å². The fraction of sp³-hybridized carbons (Fsp3) is 0.125. The Hall–Kier alpha value is -2.87. The predicted octanol–water partition coefficient (Wildman–Crippen LogP) is 3.25.